The third-order valence-corrected chi connectivity index (χ3v) is 5.67. The summed E-state index contributed by atoms with van der Waals surface area (Å²) in [5.41, 5.74) is 1.76. The van der Waals surface area contributed by atoms with Gasteiger partial charge in [0.15, 0.2) is 0 Å². The summed E-state index contributed by atoms with van der Waals surface area (Å²) in [6.07, 6.45) is 2.06. The molecule has 0 bridgehead atoms. The third kappa shape index (κ3) is 5.18. The molecule has 28 heavy (non-hydrogen) atoms. The van der Waals surface area contributed by atoms with Gasteiger partial charge in [-0.15, -0.1) is 0 Å². The van der Waals surface area contributed by atoms with Crippen LogP contribution in [-0.2, 0) is 4.79 Å². The molecular weight excluding hydrogens is 397 g/mol. The molecule has 0 unspecified atom stereocenters. The van der Waals surface area contributed by atoms with Crippen LogP contribution in [0.5, 0.6) is 0 Å². The Morgan fingerprint density at radius 2 is 1.82 bits per heavy atom. The van der Waals surface area contributed by atoms with Gasteiger partial charge in [-0.25, -0.2) is 0 Å². The Morgan fingerprint density at radius 1 is 1.11 bits per heavy atom. The van der Waals surface area contributed by atoms with Crippen LogP contribution in [-0.4, -0.2) is 36.3 Å². The lowest BCUT2D eigenvalue weighted by atomic mass is 9.98. The number of likely N-dealkylation sites (tertiary alicyclic amines) is 1. The second kappa shape index (κ2) is 9.30. The average molecular weight is 420 g/mol. The number of carbonyl (C=O) groups excluding carboxylic acids is 2. The van der Waals surface area contributed by atoms with E-state index in [0.717, 1.165) is 25.9 Å². The van der Waals surface area contributed by atoms with E-state index in [4.69, 9.17) is 23.2 Å². The molecule has 2 aromatic rings. The van der Waals surface area contributed by atoms with Crippen molar-refractivity contribution in [2.75, 3.05) is 30.3 Å². The molecule has 2 N–H and O–H groups in total. The zero-order valence-corrected chi connectivity index (χ0v) is 17.2. The van der Waals surface area contributed by atoms with Gasteiger partial charge in [0.25, 0.3) is 5.91 Å². The zero-order valence-electron chi connectivity index (χ0n) is 15.7. The lowest BCUT2D eigenvalue weighted by Crippen LogP contribution is -2.37. The second-order valence-electron chi connectivity index (χ2n) is 7.06. The smallest absolute Gasteiger partial charge is 0.253 e. The molecule has 5 nitrogen and oxygen atoms in total. The number of anilines is 2. The van der Waals surface area contributed by atoms with E-state index in [2.05, 4.69) is 17.6 Å². The number of amides is 2. The van der Waals surface area contributed by atoms with Crippen LogP contribution in [0.3, 0.4) is 0 Å². The highest BCUT2D eigenvalue weighted by molar-refractivity contribution is 6.43. The van der Waals surface area contributed by atoms with Crippen molar-refractivity contribution in [1.29, 1.82) is 0 Å². The van der Waals surface area contributed by atoms with Gasteiger partial charge in [0.05, 0.1) is 22.3 Å². The summed E-state index contributed by atoms with van der Waals surface area (Å²) >= 11 is 12.1. The number of nitrogens with zero attached hydrogens (tertiary/aromatic N) is 1. The standard InChI is InChI=1S/C21H23Cl2N3O2/c1-14-8-10-26(11-9-14)21(28)15-4-2-5-16(12-15)25-19(27)13-24-18-7-3-6-17(22)20(18)23/h2-7,12,14,24H,8-11,13H2,1H3,(H,25,27). The number of hydrogen-bond acceptors (Lipinski definition) is 3. The van der Waals surface area contributed by atoms with Crippen molar-refractivity contribution < 1.29 is 9.59 Å². The molecule has 2 amide bonds. The fourth-order valence-electron chi connectivity index (χ4n) is 3.15. The lowest BCUT2D eigenvalue weighted by molar-refractivity contribution is -0.114. The quantitative estimate of drug-likeness (QED) is 0.722. The summed E-state index contributed by atoms with van der Waals surface area (Å²) in [5, 5.41) is 6.56. The van der Waals surface area contributed by atoms with Crippen molar-refractivity contribution in [1.82, 2.24) is 4.90 Å². The van der Waals surface area contributed by atoms with Crippen molar-refractivity contribution in [2.45, 2.75) is 19.8 Å². The predicted octanol–water partition coefficient (Wildman–Crippen LogP) is 4.92. The van der Waals surface area contributed by atoms with Gasteiger partial charge < -0.3 is 15.5 Å². The Morgan fingerprint density at radius 3 is 2.57 bits per heavy atom. The van der Waals surface area contributed by atoms with Crippen LogP contribution < -0.4 is 10.6 Å². The van der Waals surface area contributed by atoms with Gasteiger partial charge in [-0.05, 0) is 49.1 Å². The van der Waals surface area contributed by atoms with Crippen LogP contribution in [0, 0.1) is 5.92 Å². The van der Waals surface area contributed by atoms with E-state index < -0.39 is 0 Å². The minimum Gasteiger partial charge on any atom is -0.375 e. The Labute approximate surface area is 175 Å². The van der Waals surface area contributed by atoms with E-state index in [-0.39, 0.29) is 18.4 Å². The first-order chi connectivity index (χ1) is 13.4. The van der Waals surface area contributed by atoms with Crippen LogP contribution in [0.4, 0.5) is 11.4 Å². The molecule has 0 aliphatic carbocycles. The highest BCUT2D eigenvalue weighted by atomic mass is 35.5. The van der Waals surface area contributed by atoms with Crippen LogP contribution in [0.15, 0.2) is 42.5 Å². The molecule has 7 heteroatoms. The van der Waals surface area contributed by atoms with Gasteiger partial charge in [0.1, 0.15) is 0 Å². The van der Waals surface area contributed by atoms with Crippen LogP contribution in [0.1, 0.15) is 30.1 Å². The summed E-state index contributed by atoms with van der Waals surface area (Å²) in [6, 6.07) is 12.2. The SMILES string of the molecule is CC1CCN(C(=O)c2cccc(NC(=O)CNc3cccc(Cl)c3Cl)c2)CC1. The molecule has 1 saturated heterocycles. The Hall–Kier alpha value is -2.24. The summed E-state index contributed by atoms with van der Waals surface area (Å²) in [4.78, 5) is 26.8. The van der Waals surface area contributed by atoms with Crippen molar-refractivity contribution in [2.24, 2.45) is 5.92 Å². The second-order valence-corrected chi connectivity index (χ2v) is 7.84. The van der Waals surface area contributed by atoms with E-state index in [1.807, 2.05) is 4.90 Å². The number of nitrogens with one attached hydrogen (secondary N) is 2. The van der Waals surface area contributed by atoms with Gasteiger partial charge in [0, 0.05) is 24.3 Å². The number of rotatable bonds is 5. The van der Waals surface area contributed by atoms with Crippen LogP contribution >= 0.6 is 23.2 Å². The minimum absolute atomic E-state index is 0.00633. The van der Waals surface area contributed by atoms with Gasteiger partial charge >= 0.3 is 0 Å². The van der Waals surface area contributed by atoms with Crippen LogP contribution in [0.25, 0.3) is 0 Å². The molecule has 1 aliphatic rings. The number of halogens is 2. The molecule has 0 atom stereocenters. The molecule has 3 rings (SSSR count). The molecule has 148 valence electrons. The molecule has 1 aliphatic heterocycles. The van der Waals surface area contributed by atoms with E-state index >= 15 is 0 Å². The highest BCUT2D eigenvalue weighted by Crippen LogP contribution is 2.29. The minimum atomic E-state index is -0.243. The fourth-order valence-corrected chi connectivity index (χ4v) is 3.51. The predicted molar refractivity (Wildman–Crippen MR) is 114 cm³/mol. The van der Waals surface area contributed by atoms with Gasteiger partial charge in [-0.3, -0.25) is 9.59 Å². The number of benzene rings is 2. The maximum atomic E-state index is 12.7. The molecule has 0 aromatic heterocycles. The molecule has 0 saturated carbocycles. The molecule has 0 spiro atoms. The molecule has 0 radical (unpaired) electrons. The number of piperidine rings is 1. The monoisotopic (exact) mass is 419 g/mol. The van der Waals surface area contributed by atoms with Crippen molar-refractivity contribution >= 4 is 46.4 Å². The Bertz CT molecular complexity index is 864. The summed E-state index contributed by atoms with van der Waals surface area (Å²) in [7, 11) is 0. The Balaban J connectivity index is 1.58. The summed E-state index contributed by atoms with van der Waals surface area (Å²) in [6.45, 7) is 3.80. The van der Waals surface area contributed by atoms with Crippen LogP contribution in [0.2, 0.25) is 10.0 Å². The van der Waals surface area contributed by atoms with E-state index in [0.29, 0.717) is 32.9 Å². The van der Waals surface area contributed by atoms with E-state index in [9.17, 15) is 9.59 Å². The topological polar surface area (TPSA) is 61.4 Å². The molecular formula is C21H23Cl2N3O2. The number of carbonyl (C=O) groups is 2. The molecule has 1 heterocycles. The molecule has 1 fully saturated rings. The maximum absolute atomic E-state index is 12.7. The first kappa shape index (κ1) is 20.5. The van der Waals surface area contributed by atoms with Crippen molar-refractivity contribution in [3.8, 4) is 0 Å². The first-order valence-corrected chi connectivity index (χ1v) is 10.1. The van der Waals surface area contributed by atoms with Gasteiger partial charge in [-0.1, -0.05) is 42.3 Å². The first-order valence-electron chi connectivity index (χ1n) is 9.31. The fraction of sp³-hybridized carbons (Fsp3) is 0.333. The van der Waals surface area contributed by atoms with Crippen molar-refractivity contribution in [3.63, 3.8) is 0 Å². The van der Waals surface area contributed by atoms with E-state index in [1.54, 1.807) is 42.5 Å². The zero-order chi connectivity index (χ0) is 20.1. The van der Waals surface area contributed by atoms with Crippen molar-refractivity contribution in [3.05, 3.63) is 58.1 Å². The third-order valence-electron chi connectivity index (χ3n) is 4.86. The summed E-state index contributed by atoms with van der Waals surface area (Å²) < 4.78 is 0. The largest absolute Gasteiger partial charge is 0.375 e. The number of hydrogen-bond donors (Lipinski definition) is 2. The molecule has 2 aromatic carbocycles. The maximum Gasteiger partial charge on any atom is 0.253 e. The van der Waals surface area contributed by atoms with E-state index in [1.165, 1.54) is 0 Å². The highest BCUT2D eigenvalue weighted by Gasteiger charge is 2.21. The van der Waals surface area contributed by atoms with Gasteiger partial charge in [-0.2, -0.15) is 0 Å². The van der Waals surface area contributed by atoms with Gasteiger partial charge in [0.2, 0.25) is 5.91 Å². The normalized spacial score (nSPS) is 14.6. The average Bonchev–Trinajstić information content (AvgIpc) is 2.69. The lowest BCUT2D eigenvalue weighted by Gasteiger charge is -2.30. The Kier molecular flexibility index (Phi) is 6.81. The summed E-state index contributed by atoms with van der Waals surface area (Å²) in [5.74, 6) is 0.425.